The van der Waals surface area contributed by atoms with Crippen LogP contribution in [0.4, 0.5) is 5.69 Å². The number of rotatable bonds is 8. The lowest BCUT2D eigenvalue weighted by Crippen LogP contribution is -2.19. The molecule has 0 bridgehead atoms. The molecule has 1 rings (SSSR count). The summed E-state index contributed by atoms with van der Waals surface area (Å²) in [5.41, 5.74) is 1.17. The summed E-state index contributed by atoms with van der Waals surface area (Å²) in [6.07, 6.45) is 3.73. The van der Waals surface area contributed by atoms with Crippen LogP contribution in [0.25, 0.3) is 0 Å². The second kappa shape index (κ2) is 7.96. The number of nitrogens with zero attached hydrogens (tertiary/aromatic N) is 1. The number of hydrogen-bond acceptors (Lipinski definition) is 3. The first-order chi connectivity index (χ1) is 8.29. The van der Waals surface area contributed by atoms with Crippen LogP contribution in [-0.4, -0.2) is 34.3 Å². The van der Waals surface area contributed by atoms with Crippen molar-refractivity contribution in [1.29, 1.82) is 0 Å². The zero-order valence-electron chi connectivity index (χ0n) is 11.2. The van der Waals surface area contributed by atoms with Gasteiger partial charge in [-0.3, -0.25) is 0 Å². The minimum Gasteiger partial charge on any atom is -0.495 e. The summed E-state index contributed by atoms with van der Waals surface area (Å²) >= 11 is 0. The number of anilines is 1. The first-order valence-corrected chi connectivity index (χ1v) is 6.28. The van der Waals surface area contributed by atoms with E-state index in [9.17, 15) is 0 Å². The van der Waals surface area contributed by atoms with Crippen molar-refractivity contribution in [2.24, 2.45) is 0 Å². The Morgan fingerprint density at radius 1 is 1.18 bits per heavy atom. The highest BCUT2D eigenvalue weighted by molar-refractivity contribution is 5.57. The lowest BCUT2D eigenvalue weighted by Gasteiger charge is -2.21. The first-order valence-electron chi connectivity index (χ1n) is 6.28. The number of nitrogens with one attached hydrogen (secondary N) is 1. The lowest BCUT2D eigenvalue weighted by molar-refractivity contribution is 0.414. The van der Waals surface area contributed by atoms with Gasteiger partial charge in [0.1, 0.15) is 5.75 Å². The third kappa shape index (κ3) is 4.65. The van der Waals surface area contributed by atoms with E-state index in [4.69, 9.17) is 4.74 Å². The summed E-state index contributed by atoms with van der Waals surface area (Å²) in [5, 5.41) is 3.17. The van der Waals surface area contributed by atoms with Gasteiger partial charge in [0.05, 0.1) is 12.8 Å². The number of hydrogen-bond donors (Lipinski definition) is 1. The molecule has 1 aromatic carbocycles. The van der Waals surface area contributed by atoms with Crippen LogP contribution in [-0.2, 0) is 0 Å². The van der Waals surface area contributed by atoms with Gasteiger partial charge in [0.25, 0.3) is 0 Å². The predicted octanol–water partition coefficient (Wildman–Crippen LogP) is 2.52. The molecule has 0 aliphatic heterocycles. The minimum atomic E-state index is 0.949. The zero-order valence-corrected chi connectivity index (χ0v) is 11.2. The smallest absolute Gasteiger partial charge is 0.142 e. The second-order valence-electron chi connectivity index (χ2n) is 4.26. The van der Waals surface area contributed by atoms with Crippen LogP contribution < -0.4 is 15.0 Å². The van der Waals surface area contributed by atoms with Crippen molar-refractivity contribution < 1.29 is 4.74 Å². The molecule has 0 amide bonds. The van der Waals surface area contributed by atoms with Crippen LogP contribution in [0.2, 0.25) is 0 Å². The summed E-state index contributed by atoms with van der Waals surface area (Å²) in [6.45, 7) is 2.18. The maximum Gasteiger partial charge on any atom is 0.142 e. The molecule has 0 aliphatic carbocycles. The SMILES string of the molecule is CNCCCCCN(C)c1ccccc1OC. The van der Waals surface area contributed by atoms with Gasteiger partial charge < -0.3 is 15.0 Å². The Labute approximate surface area is 105 Å². The molecule has 1 aromatic rings. The quantitative estimate of drug-likeness (QED) is 0.702. The lowest BCUT2D eigenvalue weighted by atomic mass is 10.2. The molecule has 17 heavy (non-hydrogen) atoms. The van der Waals surface area contributed by atoms with Gasteiger partial charge in [-0.2, -0.15) is 0 Å². The minimum absolute atomic E-state index is 0.949. The van der Waals surface area contributed by atoms with Gasteiger partial charge in [0.15, 0.2) is 0 Å². The molecule has 0 aromatic heterocycles. The topological polar surface area (TPSA) is 24.5 Å². The van der Waals surface area contributed by atoms with Crippen molar-refractivity contribution in [2.75, 3.05) is 39.2 Å². The third-order valence-corrected chi connectivity index (χ3v) is 2.92. The van der Waals surface area contributed by atoms with E-state index in [1.54, 1.807) is 7.11 Å². The molecule has 0 saturated carbocycles. The second-order valence-corrected chi connectivity index (χ2v) is 4.26. The Bertz CT molecular complexity index is 315. The van der Waals surface area contributed by atoms with E-state index in [-0.39, 0.29) is 0 Å². The van der Waals surface area contributed by atoms with E-state index in [1.807, 2.05) is 19.2 Å². The first kappa shape index (κ1) is 13.8. The molecule has 1 N–H and O–H groups in total. The fraction of sp³-hybridized carbons (Fsp3) is 0.571. The Morgan fingerprint density at radius 3 is 2.65 bits per heavy atom. The third-order valence-electron chi connectivity index (χ3n) is 2.92. The van der Waals surface area contributed by atoms with E-state index in [1.165, 1.54) is 24.9 Å². The molecule has 0 atom stereocenters. The van der Waals surface area contributed by atoms with Crippen molar-refractivity contribution in [2.45, 2.75) is 19.3 Å². The summed E-state index contributed by atoms with van der Waals surface area (Å²) in [7, 11) is 5.84. The Morgan fingerprint density at radius 2 is 1.94 bits per heavy atom. The summed E-state index contributed by atoms with van der Waals surface area (Å²) in [6, 6.07) is 8.16. The maximum atomic E-state index is 5.36. The number of benzene rings is 1. The Kier molecular flexibility index (Phi) is 6.48. The largest absolute Gasteiger partial charge is 0.495 e. The zero-order chi connectivity index (χ0) is 12.5. The van der Waals surface area contributed by atoms with Gasteiger partial charge in [-0.15, -0.1) is 0 Å². The fourth-order valence-electron chi connectivity index (χ4n) is 1.89. The number of ether oxygens (including phenoxy) is 1. The molecule has 0 unspecified atom stereocenters. The average Bonchev–Trinajstić information content (AvgIpc) is 2.38. The van der Waals surface area contributed by atoms with Crippen LogP contribution in [0.15, 0.2) is 24.3 Å². The van der Waals surface area contributed by atoms with E-state index < -0.39 is 0 Å². The molecule has 0 spiro atoms. The van der Waals surface area contributed by atoms with E-state index in [0.29, 0.717) is 0 Å². The van der Waals surface area contributed by atoms with Crippen molar-refractivity contribution in [3.63, 3.8) is 0 Å². The molecule has 96 valence electrons. The highest BCUT2D eigenvalue weighted by atomic mass is 16.5. The van der Waals surface area contributed by atoms with Gasteiger partial charge in [-0.25, -0.2) is 0 Å². The molecule has 3 nitrogen and oxygen atoms in total. The van der Waals surface area contributed by atoms with Crippen LogP contribution in [0, 0.1) is 0 Å². The van der Waals surface area contributed by atoms with Crippen molar-refractivity contribution in [3.05, 3.63) is 24.3 Å². The van der Waals surface area contributed by atoms with Gasteiger partial charge in [-0.05, 0) is 38.6 Å². The summed E-state index contributed by atoms with van der Waals surface area (Å²) in [5.74, 6) is 0.949. The Balaban J connectivity index is 2.38. The van der Waals surface area contributed by atoms with Crippen LogP contribution in [0.3, 0.4) is 0 Å². The molecule has 0 saturated heterocycles. The van der Waals surface area contributed by atoms with E-state index in [0.717, 1.165) is 18.8 Å². The van der Waals surface area contributed by atoms with Gasteiger partial charge in [0.2, 0.25) is 0 Å². The predicted molar refractivity (Wildman–Crippen MR) is 74.0 cm³/mol. The normalized spacial score (nSPS) is 10.3. The van der Waals surface area contributed by atoms with Crippen molar-refractivity contribution in [1.82, 2.24) is 5.32 Å². The molecular weight excluding hydrogens is 212 g/mol. The molecule has 0 fully saturated rings. The molecular formula is C14H24N2O. The van der Waals surface area contributed by atoms with Crippen LogP contribution in [0.1, 0.15) is 19.3 Å². The highest BCUT2D eigenvalue weighted by Gasteiger charge is 2.06. The van der Waals surface area contributed by atoms with Crippen molar-refractivity contribution in [3.8, 4) is 5.75 Å². The van der Waals surface area contributed by atoms with Crippen molar-refractivity contribution >= 4 is 5.69 Å². The fourth-order valence-corrected chi connectivity index (χ4v) is 1.89. The van der Waals surface area contributed by atoms with Gasteiger partial charge >= 0.3 is 0 Å². The van der Waals surface area contributed by atoms with E-state index >= 15 is 0 Å². The molecule has 0 aliphatic rings. The van der Waals surface area contributed by atoms with E-state index in [2.05, 4.69) is 29.4 Å². The molecule has 3 heteroatoms. The summed E-state index contributed by atoms with van der Waals surface area (Å²) in [4.78, 5) is 2.26. The average molecular weight is 236 g/mol. The standard InChI is InChI=1S/C14H24N2O/c1-15-11-7-4-8-12-16(2)13-9-5-6-10-14(13)17-3/h5-6,9-10,15H,4,7-8,11-12H2,1-3H3. The molecule has 0 radical (unpaired) electrons. The number of unbranched alkanes of at least 4 members (excludes halogenated alkanes) is 2. The monoisotopic (exact) mass is 236 g/mol. The van der Waals surface area contributed by atoms with Gasteiger partial charge in [0, 0.05) is 13.6 Å². The number of methoxy groups -OCH3 is 1. The number of para-hydroxylation sites is 2. The maximum absolute atomic E-state index is 5.36. The van der Waals surface area contributed by atoms with Crippen LogP contribution in [0.5, 0.6) is 5.75 Å². The Hall–Kier alpha value is -1.22. The van der Waals surface area contributed by atoms with Crippen LogP contribution >= 0.6 is 0 Å². The van der Waals surface area contributed by atoms with Gasteiger partial charge in [-0.1, -0.05) is 18.6 Å². The summed E-state index contributed by atoms with van der Waals surface area (Å²) < 4.78 is 5.36. The highest BCUT2D eigenvalue weighted by Crippen LogP contribution is 2.26. The molecule has 0 heterocycles.